The Morgan fingerprint density at radius 1 is 0.848 bits per heavy atom. The summed E-state index contributed by atoms with van der Waals surface area (Å²) in [6.45, 7) is 6.38. The molecule has 0 aliphatic carbocycles. The van der Waals surface area contributed by atoms with Gasteiger partial charge in [-0.25, -0.2) is 4.39 Å². The largest absolute Gasteiger partial charge is 0.497 e. The number of carbonyl (C=O) groups excluding carboxylic acids is 4. The zero-order valence-corrected chi connectivity index (χ0v) is 27.1. The fourth-order valence-corrected chi connectivity index (χ4v) is 5.77. The third-order valence-corrected chi connectivity index (χ3v) is 8.18. The SMILES string of the molecule is COc1cccc(C(=O)[C@H]2CN(C(=O)CNC(=O)COC(C)(C)C)C[C@H](C(=O)c3cccc(OC)c3)C2c2cccc(F)c2C)c1. The van der Waals surface area contributed by atoms with Crippen LogP contribution < -0.4 is 14.8 Å². The normalized spacial score (nSPS) is 16.9. The van der Waals surface area contributed by atoms with Gasteiger partial charge < -0.3 is 24.4 Å². The van der Waals surface area contributed by atoms with Gasteiger partial charge in [-0.05, 0) is 69.2 Å². The van der Waals surface area contributed by atoms with Crippen molar-refractivity contribution in [3.8, 4) is 11.5 Å². The second-order valence-corrected chi connectivity index (χ2v) is 12.4. The van der Waals surface area contributed by atoms with Crippen LogP contribution in [0.2, 0.25) is 0 Å². The van der Waals surface area contributed by atoms with Gasteiger partial charge in [0.15, 0.2) is 11.6 Å². The second-order valence-electron chi connectivity index (χ2n) is 12.4. The number of ketones is 2. The summed E-state index contributed by atoms with van der Waals surface area (Å²) in [5, 5.41) is 2.59. The van der Waals surface area contributed by atoms with Crippen LogP contribution in [-0.2, 0) is 14.3 Å². The molecular formula is C36H41FN2O7. The van der Waals surface area contributed by atoms with Crippen molar-refractivity contribution in [3.05, 3.63) is 94.8 Å². The van der Waals surface area contributed by atoms with E-state index in [-0.39, 0.29) is 37.8 Å². The number of carbonyl (C=O) groups is 4. The lowest BCUT2D eigenvalue weighted by Gasteiger charge is -2.43. The number of nitrogens with one attached hydrogen (secondary N) is 1. The smallest absolute Gasteiger partial charge is 0.246 e. The molecule has 3 aromatic rings. The Balaban J connectivity index is 1.77. The average molecular weight is 633 g/mol. The maximum Gasteiger partial charge on any atom is 0.246 e. The van der Waals surface area contributed by atoms with Gasteiger partial charge in [-0.3, -0.25) is 19.2 Å². The summed E-state index contributed by atoms with van der Waals surface area (Å²) in [7, 11) is 2.99. The molecule has 2 amide bonds. The molecule has 1 fully saturated rings. The lowest BCUT2D eigenvalue weighted by atomic mass is 9.67. The van der Waals surface area contributed by atoms with Gasteiger partial charge in [0.25, 0.3) is 0 Å². The van der Waals surface area contributed by atoms with Crippen molar-refractivity contribution < 1.29 is 37.8 Å². The summed E-state index contributed by atoms with van der Waals surface area (Å²) in [6.07, 6.45) is 0. The van der Waals surface area contributed by atoms with Crippen molar-refractivity contribution in [1.29, 1.82) is 0 Å². The van der Waals surface area contributed by atoms with E-state index in [0.29, 0.717) is 33.8 Å². The summed E-state index contributed by atoms with van der Waals surface area (Å²) in [5.74, 6) is -3.73. The molecule has 4 rings (SSSR count). The minimum Gasteiger partial charge on any atom is -0.497 e. The zero-order chi connectivity index (χ0) is 33.6. The molecule has 9 nitrogen and oxygen atoms in total. The van der Waals surface area contributed by atoms with E-state index in [1.54, 1.807) is 67.6 Å². The third kappa shape index (κ3) is 8.17. The molecule has 1 saturated heterocycles. The second kappa shape index (κ2) is 14.7. The number of Topliss-reactive ketones (excluding diaryl/α,β-unsaturated/α-hetero) is 2. The monoisotopic (exact) mass is 632 g/mol. The molecule has 0 saturated carbocycles. The third-order valence-electron chi connectivity index (χ3n) is 8.18. The molecule has 0 bridgehead atoms. The van der Waals surface area contributed by atoms with Crippen LogP contribution in [0.25, 0.3) is 0 Å². The van der Waals surface area contributed by atoms with E-state index in [1.807, 2.05) is 20.8 Å². The van der Waals surface area contributed by atoms with Gasteiger partial charge in [-0.15, -0.1) is 0 Å². The van der Waals surface area contributed by atoms with Gasteiger partial charge in [-0.2, -0.15) is 0 Å². The molecule has 10 heteroatoms. The predicted molar refractivity (Wildman–Crippen MR) is 171 cm³/mol. The van der Waals surface area contributed by atoms with Gasteiger partial charge in [0, 0.05) is 42.0 Å². The van der Waals surface area contributed by atoms with Crippen LogP contribution in [0.1, 0.15) is 58.5 Å². The van der Waals surface area contributed by atoms with E-state index in [0.717, 1.165) is 0 Å². The van der Waals surface area contributed by atoms with E-state index in [2.05, 4.69) is 5.32 Å². The van der Waals surface area contributed by atoms with Gasteiger partial charge in [-0.1, -0.05) is 36.4 Å². The summed E-state index contributed by atoms with van der Waals surface area (Å²) in [4.78, 5) is 56.2. The van der Waals surface area contributed by atoms with E-state index in [4.69, 9.17) is 14.2 Å². The minimum atomic E-state index is -0.926. The van der Waals surface area contributed by atoms with Crippen LogP contribution in [0, 0.1) is 24.6 Å². The number of amides is 2. The highest BCUT2D eigenvalue weighted by atomic mass is 19.1. The highest BCUT2D eigenvalue weighted by molar-refractivity contribution is 6.03. The number of ether oxygens (including phenoxy) is 3. The summed E-state index contributed by atoms with van der Waals surface area (Å²) >= 11 is 0. The van der Waals surface area contributed by atoms with Crippen LogP contribution in [0.3, 0.4) is 0 Å². The number of likely N-dealkylation sites (tertiary alicyclic amines) is 1. The zero-order valence-electron chi connectivity index (χ0n) is 27.1. The number of halogens is 1. The fourth-order valence-electron chi connectivity index (χ4n) is 5.77. The van der Waals surface area contributed by atoms with Crippen molar-refractivity contribution in [3.63, 3.8) is 0 Å². The molecule has 1 aliphatic heterocycles. The molecule has 0 spiro atoms. The van der Waals surface area contributed by atoms with Gasteiger partial charge >= 0.3 is 0 Å². The fraction of sp³-hybridized carbons (Fsp3) is 0.389. The van der Waals surface area contributed by atoms with Crippen molar-refractivity contribution in [2.45, 2.75) is 39.2 Å². The maximum atomic E-state index is 15.0. The first-order chi connectivity index (χ1) is 21.8. The number of rotatable bonds is 11. The maximum absolute atomic E-state index is 15.0. The molecule has 0 radical (unpaired) electrons. The topological polar surface area (TPSA) is 111 Å². The van der Waals surface area contributed by atoms with E-state index in [9.17, 15) is 19.2 Å². The summed E-state index contributed by atoms with van der Waals surface area (Å²) < 4.78 is 31.2. The first kappa shape index (κ1) is 34.3. The minimum absolute atomic E-state index is 0.0499. The Morgan fingerprint density at radius 3 is 1.87 bits per heavy atom. The van der Waals surface area contributed by atoms with E-state index in [1.165, 1.54) is 25.2 Å². The van der Waals surface area contributed by atoms with Crippen LogP contribution in [0.15, 0.2) is 66.7 Å². The number of nitrogens with zero attached hydrogens (tertiary/aromatic N) is 1. The molecule has 244 valence electrons. The molecule has 0 unspecified atom stereocenters. The van der Waals surface area contributed by atoms with Crippen LogP contribution in [-0.4, -0.2) is 74.3 Å². The number of methoxy groups -OCH3 is 2. The predicted octanol–water partition coefficient (Wildman–Crippen LogP) is 5.01. The molecule has 1 heterocycles. The van der Waals surface area contributed by atoms with Crippen molar-refractivity contribution >= 4 is 23.4 Å². The van der Waals surface area contributed by atoms with Crippen LogP contribution in [0.5, 0.6) is 11.5 Å². The van der Waals surface area contributed by atoms with Crippen molar-refractivity contribution in [1.82, 2.24) is 10.2 Å². The average Bonchev–Trinajstić information content (AvgIpc) is 3.06. The number of hydrogen-bond acceptors (Lipinski definition) is 7. The number of hydrogen-bond donors (Lipinski definition) is 1. The Kier molecular flexibility index (Phi) is 11.0. The first-order valence-corrected chi connectivity index (χ1v) is 15.1. The van der Waals surface area contributed by atoms with Crippen LogP contribution in [0.4, 0.5) is 4.39 Å². The molecule has 2 atom stereocenters. The van der Waals surface area contributed by atoms with E-state index >= 15 is 4.39 Å². The number of benzene rings is 3. The number of piperidine rings is 1. The summed E-state index contributed by atoms with van der Waals surface area (Å²) in [6, 6.07) is 17.9. The highest BCUT2D eigenvalue weighted by Crippen LogP contribution is 2.43. The van der Waals surface area contributed by atoms with Gasteiger partial charge in [0.05, 0.1) is 26.4 Å². The standard InChI is InChI=1S/C36H41FN2O7/c1-22-27(14-9-15-30(22)37)33-28(34(42)23-10-7-12-25(16-23)44-5)19-39(32(41)18-38-31(40)21-46-36(2,3)4)20-29(33)35(43)24-11-8-13-26(17-24)45-6/h7-17,28-29,33H,18-21H2,1-6H3,(H,38,40)/t28-,29-/m0/s1. The summed E-state index contributed by atoms with van der Waals surface area (Å²) in [5.41, 5.74) is 0.961. The first-order valence-electron chi connectivity index (χ1n) is 15.1. The van der Waals surface area contributed by atoms with Crippen LogP contribution >= 0.6 is 0 Å². The van der Waals surface area contributed by atoms with Crippen molar-refractivity contribution in [2.75, 3.05) is 40.5 Å². The molecule has 0 aromatic heterocycles. The van der Waals surface area contributed by atoms with Gasteiger partial charge in [0.1, 0.15) is 23.9 Å². The Morgan fingerprint density at radius 2 is 1.37 bits per heavy atom. The Labute approximate surface area is 269 Å². The lowest BCUT2D eigenvalue weighted by molar-refractivity contribution is -0.137. The Bertz CT molecular complexity index is 1530. The Hall–Kier alpha value is -4.57. The molecule has 3 aromatic carbocycles. The molecule has 1 N–H and O–H groups in total. The molecular weight excluding hydrogens is 591 g/mol. The molecule has 46 heavy (non-hydrogen) atoms. The highest BCUT2D eigenvalue weighted by Gasteiger charge is 2.46. The lowest BCUT2D eigenvalue weighted by Crippen LogP contribution is -2.54. The van der Waals surface area contributed by atoms with Crippen molar-refractivity contribution in [2.24, 2.45) is 11.8 Å². The quantitative estimate of drug-likeness (QED) is 0.296. The molecule has 1 aliphatic rings. The van der Waals surface area contributed by atoms with E-state index < -0.39 is 41.0 Å². The van der Waals surface area contributed by atoms with Gasteiger partial charge in [0.2, 0.25) is 11.8 Å².